The molecule has 1 saturated carbocycles. The molecule has 228 valence electrons. The number of nitrogens with zero attached hydrogens (tertiary/aromatic N) is 2. The van der Waals surface area contributed by atoms with Crippen molar-refractivity contribution in [1.82, 2.24) is 20.4 Å². The van der Waals surface area contributed by atoms with E-state index in [2.05, 4.69) is 20.9 Å². The average Bonchev–Trinajstić information content (AvgIpc) is 2.92. The Morgan fingerprint density at radius 1 is 1.02 bits per heavy atom. The molecule has 3 rings (SSSR count). The Kier molecular flexibility index (Phi) is 11.5. The molecule has 1 heterocycles. The highest BCUT2D eigenvalue weighted by molar-refractivity contribution is 5.97. The van der Waals surface area contributed by atoms with Crippen LogP contribution >= 0.6 is 0 Å². The van der Waals surface area contributed by atoms with Crippen molar-refractivity contribution >= 4 is 29.5 Å². The molecule has 0 unspecified atom stereocenters. The quantitative estimate of drug-likeness (QED) is 0.415. The van der Waals surface area contributed by atoms with Crippen LogP contribution < -0.4 is 16.0 Å². The summed E-state index contributed by atoms with van der Waals surface area (Å²) in [6.07, 6.45) is 4.20. The monoisotopic (exact) mass is 575 g/mol. The fraction of sp³-hybridized carbons (Fsp3) is 0.667. The van der Waals surface area contributed by atoms with Gasteiger partial charge in [-0.2, -0.15) is 0 Å². The van der Waals surface area contributed by atoms with Gasteiger partial charge in [0, 0.05) is 39.0 Å². The lowest BCUT2D eigenvalue weighted by atomic mass is 9.83. The number of anilines is 1. The number of hydrogen-bond acceptors (Lipinski definition) is 6. The largest absolute Gasteiger partial charge is 0.444 e. The highest BCUT2D eigenvalue weighted by Crippen LogP contribution is 2.28. The first-order chi connectivity index (χ1) is 19.4. The van der Waals surface area contributed by atoms with Gasteiger partial charge in [0.1, 0.15) is 23.5 Å². The third-order valence-corrected chi connectivity index (χ3v) is 7.58. The molecule has 2 aliphatic rings. The average molecular weight is 576 g/mol. The molecule has 0 spiro atoms. The highest BCUT2D eigenvalue weighted by Gasteiger charge is 2.33. The first-order valence-corrected chi connectivity index (χ1v) is 14.7. The summed E-state index contributed by atoms with van der Waals surface area (Å²) in [5.41, 5.74) is -0.232. The topological polar surface area (TPSA) is 120 Å². The molecule has 2 fully saturated rings. The van der Waals surface area contributed by atoms with Crippen LogP contribution in [-0.4, -0.2) is 84.5 Å². The van der Waals surface area contributed by atoms with E-state index < -0.39 is 35.5 Å². The van der Waals surface area contributed by atoms with E-state index in [0.29, 0.717) is 18.7 Å². The van der Waals surface area contributed by atoms with Crippen molar-refractivity contribution in [1.29, 1.82) is 0 Å². The van der Waals surface area contributed by atoms with Gasteiger partial charge in [0.05, 0.1) is 5.69 Å². The molecular weight excluding hydrogens is 529 g/mol. The number of carbonyl (C=O) groups excluding carboxylic acids is 4. The maximum Gasteiger partial charge on any atom is 0.408 e. The standard InChI is InChI=1S/C30H46FN5O5/c1-6-25(37)32-24(28(39)36-16-14-35(5)15-17-36)19-20-12-13-23(22(31)18-20)33-27(38)26(21-10-8-7-9-11-21)34-29(40)41-30(2,3)4/h12-13,18,21,24,26H,6-11,14-17,19H2,1-5H3,(H,32,37)(H,33,38)(H,34,40)/t24-,26+/m1/s1. The van der Waals surface area contributed by atoms with Crippen LogP contribution in [0.5, 0.6) is 0 Å². The molecule has 1 aliphatic carbocycles. The highest BCUT2D eigenvalue weighted by atomic mass is 19.1. The number of likely N-dealkylation sites (N-methyl/N-ethyl adjacent to an activating group) is 1. The summed E-state index contributed by atoms with van der Waals surface area (Å²) in [6.45, 7) is 9.56. The molecule has 11 heteroatoms. The van der Waals surface area contributed by atoms with Gasteiger partial charge < -0.3 is 30.5 Å². The maximum atomic E-state index is 15.3. The van der Waals surface area contributed by atoms with Gasteiger partial charge in [-0.3, -0.25) is 14.4 Å². The molecule has 10 nitrogen and oxygen atoms in total. The van der Waals surface area contributed by atoms with Crippen LogP contribution in [-0.2, 0) is 25.5 Å². The second-order valence-electron chi connectivity index (χ2n) is 12.1. The second-order valence-corrected chi connectivity index (χ2v) is 12.1. The summed E-state index contributed by atoms with van der Waals surface area (Å²) in [6, 6.07) is 2.68. The second kappa shape index (κ2) is 14.6. The van der Waals surface area contributed by atoms with E-state index in [1.54, 1.807) is 38.7 Å². The number of carbonyl (C=O) groups is 4. The van der Waals surface area contributed by atoms with Gasteiger partial charge in [-0.05, 0) is 64.3 Å². The van der Waals surface area contributed by atoms with Gasteiger partial charge in [-0.15, -0.1) is 0 Å². The van der Waals surface area contributed by atoms with Crippen LogP contribution in [0.25, 0.3) is 0 Å². The van der Waals surface area contributed by atoms with E-state index in [0.717, 1.165) is 45.2 Å². The number of alkyl carbamates (subject to hydrolysis) is 1. The minimum absolute atomic E-state index is 0.0231. The number of rotatable bonds is 9. The van der Waals surface area contributed by atoms with Gasteiger partial charge >= 0.3 is 6.09 Å². The molecule has 41 heavy (non-hydrogen) atoms. The van der Waals surface area contributed by atoms with Crippen molar-refractivity contribution < 1.29 is 28.3 Å². The number of amides is 4. The van der Waals surface area contributed by atoms with Crippen molar-refractivity contribution in [3.05, 3.63) is 29.6 Å². The van der Waals surface area contributed by atoms with Gasteiger partial charge in [0.15, 0.2) is 0 Å². The van der Waals surface area contributed by atoms with E-state index >= 15 is 4.39 Å². The van der Waals surface area contributed by atoms with E-state index in [1.165, 1.54) is 12.1 Å². The van der Waals surface area contributed by atoms with Gasteiger partial charge in [0.2, 0.25) is 17.7 Å². The molecule has 0 bridgehead atoms. The first-order valence-electron chi connectivity index (χ1n) is 14.7. The van der Waals surface area contributed by atoms with Crippen LogP contribution in [0.2, 0.25) is 0 Å². The van der Waals surface area contributed by atoms with Crippen LogP contribution in [0, 0.1) is 11.7 Å². The third kappa shape index (κ3) is 9.98. The molecule has 1 saturated heterocycles. The summed E-state index contributed by atoms with van der Waals surface area (Å²) in [4.78, 5) is 55.1. The zero-order chi connectivity index (χ0) is 30.2. The maximum absolute atomic E-state index is 15.3. The Balaban J connectivity index is 1.72. The third-order valence-electron chi connectivity index (χ3n) is 7.58. The normalized spacial score (nSPS) is 18.2. The van der Waals surface area contributed by atoms with Crippen molar-refractivity contribution in [2.24, 2.45) is 5.92 Å². The van der Waals surface area contributed by atoms with Crippen LogP contribution in [0.3, 0.4) is 0 Å². The van der Waals surface area contributed by atoms with Gasteiger partial charge in [-0.25, -0.2) is 9.18 Å². The van der Waals surface area contributed by atoms with Crippen LogP contribution in [0.1, 0.15) is 71.8 Å². The molecule has 0 radical (unpaired) electrons. The lowest BCUT2D eigenvalue weighted by Crippen LogP contribution is -2.54. The van der Waals surface area contributed by atoms with Crippen molar-refractivity contribution in [3.8, 4) is 0 Å². The zero-order valence-electron chi connectivity index (χ0n) is 25.1. The van der Waals surface area contributed by atoms with E-state index in [-0.39, 0.29) is 36.3 Å². The predicted octanol–water partition coefficient (Wildman–Crippen LogP) is 3.45. The molecule has 2 atom stereocenters. The lowest BCUT2D eigenvalue weighted by Gasteiger charge is -2.34. The Hall–Kier alpha value is -3.21. The van der Waals surface area contributed by atoms with Crippen LogP contribution in [0.15, 0.2) is 18.2 Å². The van der Waals surface area contributed by atoms with E-state index in [1.807, 2.05) is 7.05 Å². The molecule has 1 aromatic carbocycles. The SMILES string of the molecule is CCC(=O)N[C@H](Cc1ccc(NC(=O)[C@@H](NC(=O)OC(C)(C)C)C2CCCCC2)c(F)c1)C(=O)N1CCN(C)CC1. The van der Waals surface area contributed by atoms with Crippen molar-refractivity contribution in [2.75, 3.05) is 38.5 Å². The minimum atomic E-state index is -0.862. The molecule has 4 amide bonds. The smallest absolute Gasteiger partial charge is 0.408 e. The number of ether oxygens (including phenoxy) is 1. The Morgan fingerprint density at radius 2 is 1.68 bits per heavy atom. The molecular formula is C30H46FN5O5. The summed E-state index contributed by atoms with van der Waals surface area (Å²) in [5.74, 6) is -1.70. The Bertz CT molecular complexity index is 1080. The van der Waals surface area contributed by atoms with Crippen LogP contribution in [0.4, 0.5) is 14.9 Å². The van der Waals surface area contributed by atoms with Gasteiger partial charge in [0.25, 0.3) is 0 Å². The molecule has 1 aliphatic heterocycles. The summed E-state index contributed by atoms with van der Waals surface area (Å²) < 4.78 is 20.6. The number of halogens is 1. The first kappa shape index (κ1) is 32.3. The minimum Gasteiger partial charge on any atom is -0.444 e. The Labute approximate surface area is 242 Å². The number of hydrogen-bond donors (Lipinski definition) is 3. The van der Waals surface area contributed by atoms with Crippen molar-refractivity contribution in [2.45, 2.75) is 90.3 Å². The summed E-state index contributed by atoms with van der Waals surface area (Å²) in [5, 5.41) is 8.14. The number of benzene rings is 1. The van der Waals surface area contributed by atoms with Crippen molar-refractivity contribution in [3.63, 3.8) is 0 Å². The molecule has 1 aromatic rings. The van der Waals surface area contributed by atoms with E-state index in [9.17, 15) is 19.2 Å². The number of piperazine rings is 1. The fourth-order valence-corrected chi connectivity index (χ4v) is 5.28. The van der Waals surface area contributed by atoms with Gasteiger partial charge in [-0.1, -0.05) is 32.3 Å². The van der Waals surface area contributed by atoms with E-state index in [4.69, 9.17) is 4.74 Å². The fourth-order valence-electron chi connectivity index (χ4n) is 5.28. The number of nitrogens with one attached hydrogen (secondary N) is 3. The lowest BCUT2D eigenvalue weighted by molar-refractivity contribution is -0.137. The zero-order valence-corrected chi connectivity index (χ0v) is 25.1. The Morgan fingerprint density at radius 3 is 2.27 bits per heavy atom. The summed E-state index contributed by atoms with van der Waals surface area (Å²) >= 11 is 0. The molecule has 3 N–H and O–H groups in total. The predicted molar refractivity (Wildman–Crippen MR) is 155 cm³/mol. The summed E-state index contributed by atoms with van der Waals surface area (Å²) in [7, 11) is 1.99. The molecule has 0 aromatic heterocycles.